The van der Waals surface area contributed by atoms with Gasteiger partial charge < -0.3 is 14.6 Å². The molecule has 1 saturated heterocycles. The van der Waals surface area contributed by atoms with Gasteiger partial charge in [0.15, 0.2) is 11.5 Å². The second-order valence-electron chi connectivity index (χ2n) is 5.76. The van der Waals surface area contributed by atoms with Crippen LogP contribution < -0.4 is 10.3 Å². The minimum Gasteiger partial charge on any atom is -0.486 e. The van der Waals surface area contributed by atoms with E-state index < -0.39 is 0 Å². The quantitative estimate of drug-likeness (QED) is 0.785. The number of carbonyl (C=O) groups excluding carboxylic acids is 1. The van der Waals surface area contributed by atoms with E-state index in [9.17, 15) is 9.59 Å². The highest BCUT2D eigenvalue weighted by Gasteiger charge is 2.21. The van der Waals surface area contributed by atoms with Crippen LogP contribution in [0.4, 0.5) is 0 Å². The lowest BCUT2D eigenvalue weighted by Crippen LogP contribution is -2.31. The topological polar surface area (TPSA) is 62.4 Å². The van der Waals surface area contributed by atoms with Crippen LogP contribution >= 0.6 is 0 Å². The standard InChI is InChI=1S/C17H24N2O3/c1-3-5-15(20)8-7-13-10-16(17(21)18-11-13)22-12-14-6-4-9-19(14)2/h7-8,10-11,14H,3-6,9,12H2,1-2H3,(H,18,21)/t14-/m0/s1. The van der Waals surface area contributed by atoms with Crippen LogP contribution in [0.25, 0.3) is 6.08 Å². The van der Waals surface area contributed by atoms with Gasteiger partial charge in [-0.15, -0.1) is 0 Å². The number of ether oxygens (including phenoxy) is 1. The molecular formula is C17H24N2O3. The first-order valence-corrected chi connectivity index (χ1v) is 7.87. The molecule has 1 atom stereocenters. The average molecular weight is 304 g/mol. The van der Waals surface area contributed by atoms with Gasteiger partial charge in [0.25, 0.3) is 5.56 Å². The van der Waals surface area contributed by atoms with E-state index in [4.69, 9.17) is 4.74 Å². The van der Waals surface area contributed by atoms with Crippen molar-refractivity contribution < 1.29 is 9.53 Å². The van der Waals surface area contributed by atoms with Crippen LogP contribution in [0.1, 0.15) is 38.2 Å². The number of aromatic amines is 1. The molecule has 2 heterocycles. The number of allylic oxidation sites excluding steroid dienone is 1. The summed E-state index contributed by atoms with van der Waals surface area (Å²) in [6.45, 7) is 3.56. The predicted octanol–water partition coefficient (Wildman–Crippen LogP) is 2.23. The Hall–Kier alpha value is -1.88. The Labute approximate surface area is 131 Å². The molecule has 1 N–H and O–H groups in total. The van der Waals surface area contributed by atoms with Crippen LogP contribution in [0.15, 0.2) is 23.1 Å². The van der Waals surface area contributed by atoms with Crippen molar-refractivity contribution in [2.45, 2.75) is 38.6 Å². The highest BCUT2D eigenvalue weighted by Crippen LogP contribution is 2.16. The van der Waals surface area contributed by atoms with Crippen LogP contribution in [0.5, 0.6) is 5.75 Å². The summed E-state index contributed by atoms with van der Waals surface area (Å²) in [4.78, 5) is 28.2. The minimum atomic E-state index is -0.238. The molecule has 1 aliphatic heterocycles. The highest BCUT2D eigenvalue weighted by molar-refractivity contribution is 5.93. The van der Waals surface area contributed by atoms with Crippen molar-refractivity contribution in [3.8, 4) is 5.75 Å². The van der Waals surface area contributed by atoms with Gasteiger partial charge in [0, 0.05) is 18.7 Å². The molecular weight excluding hydrogens is 280 g/mol. The summed E-state index contributed by atoms with van der Waals surface area (Å²) in [5.41, 5.74) is 0.525. The maximum absolute atomic E-state index is 11.8. The number of nitrogens with one attached hydrogen (secondary N) is 1. The summed E-state index contributed by atoms with van der Waals surface area (Å²) in [5.74, 6) is 0.397. The molecule has 5 heteroatoms. The Balaban J connectivity index is 2.00. The number of hydrogen-bond acceptors (Lipinski definition) is 4. The first-order valence-electron chi connectivity index (χ1n) is 7.87. The molecule has 2 rings (SSSR count). The van der Waals surface area contributed by atoms with Gasteiger partial charge in [-0.05, 0) is 56.6 Å². The van der Waals surface area contributed by atoms with Crippen molar-refractivity contribution in [3.05, 3.63) is 34.3 Å². The fourth-order valence-corrected chi connectivity index (χ4v) is 2.58. The molecule has 1 aromatic heterocycles. The third-order valence-electron chi connectivity index (χ3n) is 3.95. The van der Waals surface area contributed by atoms with Gasteiger partial charge in [-0.25, -0.2) is 0 Å². The van der Waals surface area contributed by atoms with Gasteiger partial charge >= 0.3 is 0 Å². The number of H-pyrrole nitrogens is 1. The normalized spacial score (nSPS) is 18.9. The summed E-state index contributed by atoms with van der Waals surface area (Å²) in [7, 11) is 2.07. The molecule has 0 bridgehead atoms. The van der Waals surface area contributed by atoms with E-state index in [0.717, 1.165) is 24.9 Å². The van der Waals surface area contributed by atoms with Crippen LogP contribution in [0.3, 0.4) is 0 Å². The van der Waals surface area contributed by atoms with Crippen LogP contribution in [-0.4, -0.2) is 41.9 Å². The van der Waals surface area contributed by atoms with E-state index >= 15 is 0 Å². The Morgan fingerprint density at radius 1 is 1.55 bits per heavy atom. The zero-order valence-corrected chi connectivity index (χ0v) is 13.3. The molecule has 5 nitrogen and oxygen atoms in total. The van der Waals surface area contributed by atoms with Crippen molar-refractivity contribution in [3.63, 3.8) is 0 Å². The highest BCUT2D eigenvalue weighted by atomic mass is 16.5. The van der Waals surface area contributed by atoms with E-state index in [-0.39, 0.29) is 11.3 Å². The fraction of sp³-hybridized carbons (Fsp3) is 0.529. The first-order chi connectivity index (χ1) is 10.6. The van der Waals surface area contributed by atoms with Gasteiger partial charge in [-0.1, -0.05) is 6.92 Å². The van der Waals surface area contributed by atoms with Gasteiger partial charge in [0.2, 0.25) is 0 Å². The van der Waals surface area contributed by atoms with Crippen molar-refractivity contribution in [2.24, 2.45) is 0 Å². The largest absolute Gasteiger partial charge is 0.486 e. The number of likely N-dealkylation sites (N-methyl/N-ethyl adjacent to an activating group) is 1. The molecule has 0 amide bonds. The lowest BCUT2D eigenvalue weighted by molar-refractivity contribution is -0.114. The average Bonchev–Trinajstić information content (AvgIpc) is 2.90. The Morgan fingerprint density at radius 3 is 3.05 bits per heavy atom. The fourth-order valence-electron chi connectivity index (χ4n) is 2.58. The number of rotatable bonds is 7. The number of aromatic nitrogens is 1. The Morgan fingerprint density at radius 2 is 2.36 bits per heavy atom. The zero-order chi connectivity index (χ0) is 15.9. The summed E-state index contributed by atoms with van der Waals surface area (Å²) in [6.07, 6.45) is 8.48. The van der Waals surface area contributed by atoms with Crippen molar-refractivity contribution in [1.82, 2.24) is 9.88 Å². The SMILES string of the molecule is CCCC(=O)C=Cc1c[nH]c(=O)c(OC[C@@H]2CCCN2C)c1. The Kier molecular flexibility index (Phi) is 5.95. The molecule has 0 saturated carbocycles. The summed E-state index contributed by atoms with van der Waals surface area (Å²) >= 11 is 0. The smallest absolute Gasteiger partial charge is 0.290 e. The minimum absolute atomic E-state index is 0.0868. The van der Waals surface area contributed by atoms with E-state index in [1.54, 1.807) is 24.4 Å². The van der Waals surface area contributed by atoms with Gasteiger partial charge in [0.05, 0.1) is 0 Å². The third-order valence-corrected chi connectivity index (χ3v) is 3.95. The first kappa shape index (κ1) is 16.5. The van der Waals surface area contributed by atoms with Crippen molar-refractivity contribution in [1.29, 1.82) is 0 Å². The summed E-state index contributed by atoms with van der Waals surface area (Å²) in [6, 6.07) is 2.05. The number of ketones is 1. The molecule has 1 aliphatic rings. The van der Waals surface area contributed by atoms with E-state index in [0.29, 0.717) is 24.8 Å². The Bertz CT molecular complexity index is 592. The molecule has 22 heavy (non-hydrogen) atoms. The maximum Gasteiger partial charge on any atom is 0.290 e. The molecule has 0 aromatic carbocycles. The molecule has 0 spiro atoms. The van der Waals surface area contributed by atoms with Gasteiger partial charge in [0.1, 0.15) is 6.61 Å². The number of pyridine rings is 1. The number of nitrogens with zero attached hydrogens (tertiary/aromatic N) is 1. The molecule has 0 aliphatic carbocycles. The number of likely N-dealkylation sites (tertiary alicyclic amines) is 1. The number of hydrogen-bond donors (Lipinski definition) is 1. The second kappa shape index (κ2) is 7.94. The second-order valence-corrected chi connectivity index (χ2v) is 5.76. The van der Waals surface area contributed by atoms with Crippen molar-refractivity contribution >= 4 is 11.9 Å². The monoisotopic (exact) mass is 304 g/mol. The molecule has 0 unspecified atom stereocenters. The van der Waals surface area contributed by atoms with E-state index in [1.807, 2.05) is 6.92 Å². The van der Waals surface area contributed by atoms with Gasteiger partial charge in [-0.2, -0.15) is 0 Å². The molecule has 0 radical (unpaired) electrons. The summed E-state index contributed by atoms with van der Waals surface area (Å²) < 4.78 is 5.68. The van der Waals surface area contributed by atoms with Crippen molar-refractivity contribution in [2.75, 3.05) is 20.2 Å². The lowest BCUT2D eigenvalue weighted by atomic mass is 10.2. The van der Waals surface area contributed by atoms with E-state index in [1.165, 1.54) is 6.42 Å². The summed E-state index contributed by atoms with van der Waals surface area (Å²) in [5, 5.41) is 0. The molecule has 1 aromatic rings. The third kappa shape index (κ3) is 4.56. The van der Waals surface area contributed by atoms with Gasteiger partial charge in [-0.3, -0.25) is 9.59 Å². The predicted molar refractivity (Wildman–Crippen MR) is 87.2 cm³/mol. The zero-order valence-electron chi connectivity index (χ0n) is 13.3. The van der Waals surface area contributed by atoms with Crippen LogP contribution in [0, 0.1) is 0 Å². The van der Waals surface area contributed by atoms with Crippen LogP contribution in [0.2, 0.25) is 0 Å². The molecule has 1 fully saturated rings. The number of carbonyl (C=O) groups is 1. The lowest BCUT2D eigenvalue weighted by Gasteiger charge is -2.19. The van der Waals surface area contributed by atoms with E-state index in [2.05, 4.69) is 16.9 Å². The molecule has 120 valence electrons. The maximum atomic E-state index is 11.8. The van der Waals surface area contributed by atoms with Crippen LogP contribution in [-0.2, 0) is 4.79 Å².